The van der Waals surface area contributed by atoms with Crippen LogP contribution in [-0.2, 0) is 16.0 Å². The molecule has 2 aromatic rings. The van der Waals surface area contributed by atoms with Gasteiger partial charge in [-0.25, -0.2) is 4.79 Å². The standard InChI is InChI=1S/C11H10N4O4/c1-19-11(18)7-3-2-4-8(5-7)15-9(6-10(16)17)12-13-14-15/h2-5H,6H2,1H3,(H,16,17). The molecular weight excluding hydrogens is 252 g/mol. The Morgan fingerprint density at radius 1 is 1.42 bits per heavy atom. The van der Waals surface area contributed by atoms with Gasteiger partial charge in [-0.1, -0.05) is 6.07 Å². The predicted octanol–water partition coefficient (Wildman–Crippen LogP) is 0.0760. The smallest absolute Gasteiger partial charge is 0.337 e. The molecule has 0 fully saturated rings. The Morgan fingerprint density at radius 2 is 2.21 bits per heavy atom. The van der Waals surface area contributed by atoms with Crippen molar-refractivity contribution in [3.05, 3.63) is 35.7 Å². The van der Waals surface area contributed by atoms with Crippen LogP contribution in [0.1, 0.15) is 16.2 Å². The van der Waals surface area contributed by atoms with Crippen molar-refractivity contribution in [1.82, 2.24) is 20.2 Å². The van der Waals surface area contributed by atoms with Crippen molar-refractivity contribution in [1.29, 1.82) is 0 Å². The van der Waals surface area contributed by atoms with Crippen LogP contribution in [0.25, 0.3) is 5.69 Å². The van der Waals surface area contributed by atoms with Gasteiger partial charge in [-0.15, -0.1) is 5.10 Å². The molecule has 0 aliphatic carbocycles. The van der Waals surface area contributed by atoms with Gasteiger partial charge < -0.3 is 9.84 Å². The molecule has 1 N–H and O–H groups in total. The van der Waals surface area contributed by atoms with Gasteiger partial charge in [-0.3, -0.25) is 4.79 Å². The fourth-order valence-corrected chi connectivity index (χ4v) is 1.53. The Hall–Kier alpha value is -2.77. The second-order valence-electron chi connectivity index (χ2n) is 3.62. The van der Waals surface area contributed by atoms with Gasteiger partial charge in [0.2, 0.25) is 0 Å². The number of aliphatic carboxylic acids is 1. The molecular formula is C11H10N4O4. The Labute approximate surface area is 107 Å². The summed E-state index contributed by atoms with van der Waals surface area (Å²) in [4.78, 5) is 22.1. The lowest BCUT2D eigenvalue weighted by atomic mass is 10.2. The summed E-state index contributed by atoms with van der Waals surface area (Å²) in [6.07, 6.45) is -0.310. The van der Waals surface area contributed by atoms with Crippen LogP contribution in [-0.4, -0.2) is 44.4 Å². The molecule has 0 saturated carbocycles. The van der Waals surface area contributed by atoms with Gasteiger partial charge in [0, 0.05) is 0 Å². The number of esters is 1. The minimum Gasteiger partial charge on any atom is -0.481 e. The van der Waals surface area contributed by atoms with Crippen LogP contribution < -0.4 is 0 Å². The molecule has 0 bridgehead atoms. The fraction of sp³-hybridized carbons (Fsp3) is 0.182. The number of ether oxygens (including phenoxy) is 1. The predicted molar refractivity (Wildman–Crippen MR) is 61.8 cm³/mol. The number of carboxylic acid groups (broad SMARTS) is 1. The van der Waals surface area contributed by atoms with E-state index in [0.29, 0.717) is 11.3 Å². The van der Waals surface area contributed by atoms with E-state index in [1.54, 1.807) is 18.2 Å². The summed E-state index contributed by atoms with van der Waals surface area (Å²) >= 11 is 0. The minimum absolute atomic E-state index is 0.175. The summed E-state index contributed by atoms with van der Waals surface area (Å²) in [5.74, 6) is -1.36. The molecule has 0 amide bonds. The van der Waals surface area contributed by atoms with Crippen molar-refractivity contribution in [2.45, 2.75) is 6.42 Å². The van der Waals surface area contributed by atoms with Crippen LogP contribution in [0, 0.1) is 0 Å². The summed E-state index contributed by atoms with van der Waals surface area (Å²) in [6.45, 7) is 0. The number of carbonyl (C=O) groups is 2. The fourth-order valence-electron chi connectivity index (χ4n) is 1.53. The van der Waals surface area contributed by atoms with Crippen molar-refractivity contribution >= 4 is 11.9 Å². The van der Waals surface area contributed by atoms with E-state index in [1.807, 2.05) is 0 Å². The number of rotatable bonds is 4. The Kier molecular flexibility index (Phi) is 3.51. The molecule has 0 unspecified atom stereocenters. The first-order chi connectivity index (χ1) is 9.11. The van der Waals surface area contributed by atoms with Crippen molar-refractivity contribution < 1.29 is 19.4 Å². The number of carboxylic acids is 1. The molecule has 0 radical (unpaired) electrons. The SMILES string of the molecule is COC(=O)c1cccc(-n2nnnc2CC(=O)O)c1. The Balaban J connectivity index is 2.39. The summed E-state index contributed by atoms with van der Waals surface area (Å²) in [6, 6.07) is 6.39. The van der Waals surface area contributed by atoms with Crippen LogP contribution in [0.2, 0.25) is 0 Å². The van der Waals surface area contributed by atoms with E-state index in [4.69, 9.17) is 5.11 Å². The van der Waals surface area contributed by atoms with Gasteiger partial charge in [0.15, 0.2) is 5.82 Å². The first-order valence-corrected chi connectivity index (χ1v) is 5.29. The normalized spacial score (nSPS) is 10.2. The van der Waals surface area contributed by atoms with Gasteiger partial charge in [0.25, 0.3) is 0 Å². The number of nitrogens with zero attached hydrogens (tertiary/aromatic N) is 4. The van der Waals surface area contributed by atoms with Gasteiger partial charge in [-0.2, -0.15) is 4.68 Å². The largest absolute Gasteiger partial charge is 0.481 e. The third-order valence-corrected chi connectivity index (χ3v) is 2.36. The van der Waals surface area contributed by atoms with Crippen LogP contribution in [0.4, 0.5) is 0 Å². The van der Waals surface area contributed by atoms with Crippen LogP contribution in [0.5, 0.6) is 0 Å². The number of hydrogen-bond acceptors (Lipinski definition) is 6. The number of hydrogen-bond donors (Lipinski definition) is 1. The quantitative estimate of drug-likeness (QED) is 0.777. The first-order valence-electron chi connectivity index (χ1n) is 5.29. The summed E-state index contributed by atoms with van der Waals surface area (Å²) in [5, 5.41) is 19.5. The lowest BCUT2D eigenvalue weighted by molar-refractivity contribution is -0.136. The molecule has 0 aliphatic rings. The highest BCUT2D eigenvalue weighted by atomic mass is 16.5. The van der Waals surface area contributed by atoms with Crippen LogP contribution in [0.3, 0.4) is 0 Å². The molecule has 8 nitrogen and oxygen atoms in total. The van der Waals surface area contributed by atoms with E-state index in [9.17, 15) is 9.59 Å². The van der Waals surface area contributed by atoms with E-state index in [1.165, 1.54) is 17.9 Å². The number of benzene rings is 1. The van der Waals surface area contributed by atoms with Crippen molar-refractivity contribution in [3.8, 4) is 5.69 Å². The first kappa shape index (κ1) is 12.7. The maximum absolute atomic E-state index is 11.4. The van der Waals surface area contributed by atoms with Crippen molar-refractivity contribution in [2.75, 3.05) is 7.11 Å². The molecule has 19 heavy (non-hydrogen) atoms. The topological polar surface area (TPSA) is 107 Å². The Bertz CT molecular complexity index is 623. The number of carbonyl (C=O) groups excluding carboxylic acids is 1. The lowest BCUT2D eigenvalue weighted by Gasteiger charge is -2.05. The zero-order chi connectivity index (χ0) is 13.8. The van der Waals surface area contributed by atoms with Gasteiger partial charge >= 0.3 is 11.9 Å². The molecule has 2 rings (SSSR count). The average Bonchev–Trinajstić information content (AvgIpc) is 2.85. The molecule has 1 heterocycles. The highest BCUT2D eigenvalue weighted by molar-refractivity contribution is 5.89. The molecule has 98 valence electrons. The van der Waals surface area contributed by atoms with Gasteiger partial charge in [0.05, 0.1) is 18.4 Å². The summed E-state index contributed by atoms with van der Waals surface area (Å²) in [7, 11) is 1.28. The molecule has 0 saturated heterocycles. The highest BCUT2D eigenvalue weighted by Crippen LogP contribution is 2.12. The maximum Gasteiger partial charge on any atom is 0.337 e. The van der Waals surface area contributed by atoms with E-state index in [-0.39, 0.29) is 12.2 Å². The third-order valence-electron chi connectivity index (χ3n) is 2.36. The molecule has 0 atom stereocenters. The molecule has 0 aliphatic heterocycles. The molecule has 0 spiro atoms. The zero-order valence-electron chi connectivity index (χ0n) is 9.98. The monoisotopic (exact) mass is 262 g/mol. The van der Waals surface area contributed by atoms with E-state index in [2.05, 4.69) is 20.3 Å². The summed E-state index contributed by atoms with van der Waals surface area (Å²) < 4.78 is 5.87. The molecule has 1 aromatic carbocycles. The van der Waals surface area contributed by atoms with E-state index >= 15 is 0 Å². The van der Waals surface area contributed by atoms with Crippen LogP contribution in [0.15, 0.2) is 24.3 Å². The lowest BCUT2D eigenvalue weighted by Crippen LogP contribution is -2.10. The minimum atomic E-state index is -1.04. The molecule has 1 aromatic heterocycles. The average molecular weight is 262 g/mol. The van der Waals surface area contributed by atoms with Crippen molar-refractivity contribution in [2.24, 2.45) is 0 Å². The number of aromatic nitrogens is 4. The summed E-state index contributed by atoms with van der Waals surface area (Å²) in [5.41, 5.74) is 0.820. The zero-order valence-corrected chi connectivity index (χ0v) is 9.98. The van der Waals surface area contributed by atoms with Gasteiger partial charge in [0.1, 0.15) is 6.42 Å². The highest BCUT2D eigenvalue weighted by Gasteiger charge is 2.13. The molecule has 8 heteroatoms. The number of methoxy groups -OCH3 is 1. The van der Waals surface area contributed by atoms with E-state index < -0.39 is 11.9 Å². The van der Waals surface area contributed by atoms with Gasteiger partial charge in [-0.05, 0) is 28.6 Å². The third kappa shape index (κ3) is 2.73. The Morgan fingerprint density at radius 3 is 2.89 bits per heavy atom. The number of tetrazole rings is 1. The second kappa shape index (κ2) is 5.25. The van der Waals surface area contributed by atoms with Crippen molar-refractivity contribution in [3.63, 3.8) is 0 Å². The maximum atomic E-state index is 11.4. The van der Waals surface area contributed by atoms with Crippen LogP contribution >= 0.6 is 0 Å². The van der Waals surface area contributed by atoms with E-state index in [0.717, 1.165) is 0 Å². The second-order valence-corrected chi connectivity index (χ2v) is 3.62.